The molecule has 0 aliphatic heterocycles. The van der Waals surface area contributed by atoms with Gasteiger partial charge >= 0.3 is 0 Å². The smallest absolute Gasteiger partial charge is 0.119 e. The number of hydrogen-bond donors (Lipinski definition) is 0. The van der Waals surface area contributed by atoms with E-state index < -0.39 is 0 Å². The number of unbranched alkanes of at least 4 members (excludes halogenated alkanes) is 7. The van der Waals surface area contributed by atoms with E-state index in [0.29, 0.717) is 39.6 Å². The normalized spacial score (nSPS) is 11.4. The van der Waals surface area contributed by atoms with Gasteiger partial charge in [-0.05, 0) is 269 Å². The molecule has 82 heavy (non-hydrogen) atoms. The third-order valence-electron chi connectivity index (χ3n) is 12.8. The predicted octanol–water partition coefficient (Wildman–Crippen LogP) is 18.3. The third-order valence-corrected chi connectivity index (χ3v) is 12.8. The molecular weight excluding hydrogens is 1030 g/mol. The molecule has 8 aromatic carbocycles. The summed E-state index contributed by atoms with van der Waals surface area (Å²) in [5, 5.41) is 17.1. The van der Waals surface area contributed by atoms with Gasteiger partial charge < -0.3 is 37.9 Å². The minimum atomic E-state index is 0.645. The van der Waals surface area contributed by atoms with E-state index in [1.165, 1.54) is 0 Å². The van der Waals surface area contributed by atoms with E-state index in [1.807, 2.05) is 207 Å². The summed E-state index contributed by atoms with van der Waals surface area (Å²) in [4.78, 5) is 9.29. The predicted molar refractivity (Wildman–Crippen MR) is 327 cm³/mol. The molecule has 0 fully saturated rings. The number of methoxy groups -OCH3 is 2. The Hall–Kier alpha value is -9.30. The van der Waals surface area contributed by atoms with Crippen LogP contribution in [0.2, 0.25) is 0 Å². The van der Waals surface area contributed by atoms with Crippen LogP contribution in [0.3, 0.4) is 0 Å². The van der Waals surface area contributed by atoms with E-state index in [0.717, 1.165) is 155 Å². The van der Waals surface area contributed by atoms with Crippen LogP contribution in [0, 0.1) is 0 Å². The molecule has 0 unspecified atom stereocenters. The van der Waals surface area contributed by atoms with Gasteiger partial charge in [0.1, 0.15) is 46.0 Å². The molecule has 0 heterocycles. The first-order valence-electron chi connectivity index (χ1n) is 28.1. The molecule has 14 nitrogen and oxygen atoms in total. The number of hydrogen-bond acceptors (Lipinski definition) is 14. The van der Waals surface area contributed by atoms with Gasteiger partial charge in [-0.25, -0.2) is 0 Å². The maximum absolute atomic E-state index is 6.00. The van der Waals surface area contributed by atoms with E-state index in [2.05, 4.69) is 30.4 Å². The Balaban J connectivity index is 0.595. The maximum atomic E-state index is 6.00. The van der Waals surface area contributed by atoms with Crippen LogP contribution < -0.4 is 37.9 Å². The van der Waals surface area contributed by atoms with Crippen molar-refractivity contribution in [2.45, 2.75) is 64.2 Å². The van der Waals surface area contributed by atoms with Gasteiger partial charge in [-0.1, -0.05) is 0 Å². The molecule has 0 N–H and O–H groups in total. The highest BCUT2D eigenvalue weighted by molar-refractivity contribution is 5.82. The lowest BCUT2D eigenvalue weighted by molar-refractivity contribution is 0.279. The van der Waals surface area contributed by atoms with Crippen molar-refractivity contribution >= 4 is 46.6 Å². The molecule has 0 atom stereocenters. The Morgan fingerprint density at radius 2 is 0.427 bits per heavy atom. The molecule has 0 aromatic heterocycles. The fourth-order valence-electron chi connectivity index (χ4n) is 8.06. The number of ether oxygens (including phenoxy) is 8. The van der Waals surface area contributed by atoms with Crippen molar-refractivity contribution in [3.8, 4) is 46.0 Å². The molecule has 0 bridgehead atoms. The Labute approximate surface area is 482 Å². The zero-order valence-electron chi connectivity index (χ0n) is 46.9. The van der Waals surface area contributed by atoms with Crippen molar-refractivity contribution in [1.82, 2.24) is 0 Å². The van der Waals surface area contributed by atoms with Crippen LogP contribution in [-0.2, 0) is 0 Å². The van der Waals surface area contributed by atoms with Crippen LogP contribution in [0.5, 0.6) is 46.0 Å². The summed E-state index contributed by atoms with van der Waals surface area (Å²) in [6.45, 7) is 3.93. The number of rotatable bonds is 35. The number of benzene rings is 8. The lowest BCUT2D eigenvalue weighted by Gasteiger charge is -2.08. The second-order valence-electron chi connectivity index (χ2n) is 19.1. The minimum Gasteiger partial charge on any atom is -0.497 e. The van der Waals surface area contributed by atoms with Crippen LogP contribution >= 0.6 is 0 Å². The van der Waals surface area contributed by atoms with Crippen LogP contribution in [-0.4, -0.2) is 66.3 Å². The Morgan fingerprint density at radius 3 is 0.659 bits per heavy atom. The zero-order chi connectivity index (χ0) is 56.5. The third kappa shape index (κ3) is 21.7. The topological polar surface area (TPSA) is 148 Å². The lowest BCUT2D eigenvalue weighted by Crippen LogP contribution is -2.01. The second kappa shape index (κ2) is 34.0. The fraction of sp³-hybridized carbons (Fsp3) is 0.265. The van der Waals surface area contributed by atoms with Gasteiger partial charge in [0.15, 0.2) is 0 Å². The van der Waals surface area contributed by atoms with E-state index in [9.17, 15) is 0 Å². The summed E-state index contributed by atoms with van der Waals surface area (Å²) in [5.41, 5.74) is 6.79. The molecular formula is C68H72N6O8. The van der Waals surface area contributed by atoms with E-state index in [4.69, 9.17) is 37.9 Å². The monoisotopic (exact) mass is 1100 g/mol. The molecule has 0 saturated heterocycles. The largest absolute Gasteiger partial charge is 0.497 e. The molecule has 0 amide bonds. The van der Waals surface area contributed by atoms with E-state index in [-0.39, 0.29) is 0 Å². The van der Waals surface area contributed by atoms with Crippen molar-refractivity contribution in [3.63, 3.8) is 0 Å². The highest BCUT2D eigenvalue weighted by atomic mass is 16.5. The van der Waals surface area contributed by atoms with Gasteiger partial charge in [-0.3, -0.25) is 9.98 Å². The summed E-state index contributed by atoms with van der Waals surface area (Å²) in [6.07, 6.45) is 13.6. The average molecular weight is 1100 g/mol. The molecule has 8 aromatic rings. The Kier molecular flexibility index (Phi) is 24.4. The molecule has 0 aliphatic rings. The standard InChI is InChI=1S/C68H72N6O8/c1-75-61-33-21-57(22-34-61)71-73-59-25-41-67(42-26-59)81-49-11-5-9-47-77-63-29-13-53(14-30-63)51-69-55-17-37-65(38-18-55)79-45-7-3-4-8-46-80-66-39-19-56(20-40-66)70-52-54-15-31-64(32-16-54)78-48-10-6-12-50-82-68-43-27-60(28-44-68)74-72-58-23-35-62(76-2)36-24-58/h13-44,51-52H,3-12,45-50H2,1-2H3. The molecule has 14 heteroatoms. The van der Waals surface area contributed by atoms with Gasteiger partial charge in [-0.2, -0.15) is 20.5 Å². The van der Waals surface area contributed by atoms with Crippen molar-refractivity contribution in [3.05, 3.63) is 205 Å². The van der Waals surface area contributed by atoms with Gasteiger partial charge in [0.25, 0.3) is 0 Å². The summed E-state index contributed by atoms with van der Waals surface area (Å²) in [6, 6.07) is 61.9. The maximum Gasteiger partial charge on any atom is 0.119 e. The average Bonchev–Trinajstić information content (AvgIpc) is 3.53. The highest BCUT2D eigenvalue weighted by Crippen LogP contribution is 2.27. The minimum absolute atomic E-state index is 0.645. The van der Waals surface area contributed by atoms with Crippen molar-refractivity contribution < 1.29 is 37.9 Å². The van der Waals surface area contributed by atoms with Crippen molar-refractivity contribution in [2.24, 2.45) is 30.4 Å². The Bertz CT molecular complexity index is 2950. The van der Waals surface area contributed by atoms with Crippen LogP contribution in [0.1, 0.15) is 75.3 Å². The molecule has 0 radical (unpaired) electrons. The summed E-state index contributed by atoms with van der Waals surface area (Å²) in [7, 11) is 3.28. The van der Waals surface area contributed by atoms with Crippen molar-refractivity contribution in [2.75, 3.05) is 53.9 Å². The molecule has 0 aliphatic carbocycles. The summed E-state index contributed by atoms with van der Waals surface area (Å²) in [5.74, 6) is 6.58. The van der Waals surface area contributed by atoms with Crippen molar-refractivity contribution in [1.29, 1.82) is 0 Å². The molecule has 8 rings (SSSR count). The Morgan fingerprint density at radius 1 is 0.232 bits per heavy atom. The number of azo groups is 2. The van der Waals surface area contributed by atoms with Crippen LogP contribution in [0.15, 0.2) is 225 Å². The first-order valence-corrected chi connectivity index (χ1v) is 28.1. The first-order chi connectivity index (χ1) is 40.5. The molecule has 422 valence electrons. The highest BCUT2D eigenvalue weighted by Gasteiger charge is 2.03. The summed E-state index contributed by atoms with van der Waals surface area (Å²) >= 11 is 0. The SMILES string of the molecule is COc1ccc(N=Nc2ccc(OCCCCCOc3ccc(C=Nc4ccc(OCCCCCCOc5ccc(N=Cc6ccc(OCCCCCOc7ccc(N=Nc8ccc(OC)cc8)cc7)cc6)cc5)cc4)cc3)cc2)cc1. The number of aliphatic imine (C=N–C) groups is 2. The van der Waals surface area contributed by atoms with Gasteiger partial charge in [0.05, 0.1) is 88.0 Å². The lowest BCUT2D eigenvalue weighted by atomic mass is 10.2. The van der Waals surface area contributed by atoms with E-state index >= 15 is 0 Å². The van der Waals surface area contributed by atoms with Gasteiger partial charge in [0, 0.05) is 12.4 Å². The molecule has 0 saturated carbocycles. The summed E-state index contributed by atoms with van der Waals surface area (Å²) < 4.78 is 46.1. The van der Waals surface area contributed by atoms with Gasteiger partial charge in [0.2, 0.25) is 0 Å². The van der Waals surface area contributed by atoms with Crippen LogP contribution in [0.4, 0.5) is 34.1 Å². The number of nitrogens with zero attached hydrogens (tertiary/aromatic N) is 6. The first kappa shape index (κ1) is 58.8. The fourth-order valence-corrected chi connectivity index (χ4v) is 8.06. The quantitative estimate of drug-likeness (QED) is 0.0217. The second-order valence-corrected chi connectivity index (χ2v) is 19.1. The zero-order valence-corrected chi connectivity index (χ0v) is 46.9. The van der Waals surface area contributed by atoms with Crippen LogP contribution in [0.25, 0.3) is 0 Å². The van der Waals surface area contributed by atoms with Gasteiger partial charge in [-0.15, -0.1) is 0 Å². The van der Waals surface area contributed by atoms with E-state index in [1.54, 1.807) is 14.2 Å². The molecule has 0 spiro atoms.